The molecule has 1 heterocycles. The number of anilines is 1. The fourth-order valence-electron chi connectivity index (χ4n) is 2.42. The standard InChI is InChI=1S/C19H16F2N4OS/c1-2-10-25-18(15-8-3-4-9-16(15)21)23-24-19(25)27-12-17(26)22-14-7-5-6-13(20)11-14/h2-9,11H,1,10,12H2,(H,22,26). The SMILES string of the molecule is C=CCn1c(SCC(=O)Nc2cccc(F)c2)nnc1-c1ccccc1F. The minimum Gasteiger partial charge on any atom is -0.325 e. The summed E-state index contributed by atoms with van der Waals surface area (Å²) in [6.07, 6.45) is 1.64. The highest BCUT2D eigenvalue weighted by molar-refractivity contribution is 7.99. The molecule has 1 N–H and O–H groups in total. The van der Waals surface area contributed by atoms with Crippen LogP contribution in [0, 0.1) is 11.6 Å². The summed E-state index contributed by atoms with van der Waals surface area (Å²) in [4.78, 5) is 12.1. The van der Waals surface area contributed by atoms with E-state index in [4.69, 9.17) is 0 Å². The first-order valence-corrected chi connectivity index (χ1v) is 9.04. The van der Waals surface area contributed by atoms with E-state index in [1.54, 1.807) is 34.9 Å². The number of carbonyl (C=O) groups excluding carboxylic acids is 1. The van der Waals surface area contributed by atoms with Crippen molar-refractivity contribution in [3.05, 3.63) is 72.8 Å². The lowest BCUT2D eigenvalue weighted by atomic mass is 10.2. The van der Waals surface area contributed by atoms with Crippen molar-refractivity contribution in [3.63, 3.8) is 0 Å². The fraction of sp³-hybridized carbons (Fsp3) is 0.105. The third-order valence-electron chi connectivity index (χ3n) is 3.58. The fourth-order valence-corrected chi connectivity index (χ4v) is 3.17. The molecule has 0 bridgehead atoms. The highest BCUT2D eigenvalue weighted by atomic mass is 32.2. The molecule has 2 aromatic carbocycles. The van der Waals surface area contributed by atoms with Gasteiger partial charge in [0, 0.05) is 12.2 Å². The molecule has 138 valence electrons. The molecule has 0 atom stereocenters. The van der Waals surface area contributed by atoms with Gasteiger partial charge in [-0.25, -0.2) is 8.78 Å². The zero-order valence-corrected chi connectivity index (χ0v) is 15.0. The maximum atomic E-state index is 14.1. The third-order valence-corrected chi connectivity index (χ3v) is 4.55. The van der Waals surface area contributed by atoms with Crippen LogP contribution in [-0.2, 0) is 11.3 Å². The summed E-state index contributed by atoms with van der Waals surface area (Å²) in [5, 5.41) is 11.2. The van der Waals surface area contributed by atoms with Crippen LogP contribution in [0.3, 0.4) is 0 Å². The summed E-state index contributed by atoms with van der Waals surface area (Å²) in [6.45, 7) is 4.06. The van der Waals surface area contributed by atoms with Crippen LogP contribution >= 0.6 is 11.8 Å². The summed E-state index contributed by atoms with van der Waals surface area (Å²) < 4.78 is 29.0. The molecule has 0 saturated heterocycles. The molecule has 0 unspecified atom stereocenters. The molecule has 0 fully saturated rings. The molecule has 0 aliphatic heterocycles. The van der Waals surface area contributed by atoms with E-state index in [0.717, 1.165) is 11.8 Å². The molecule has 3 aromatic rings. The van der Waals surface area contributed by atoms with E-state index in [-0.39, 0.29) is 11.7 Å². The second kappa shape index (κ2) is 8.59. The Labute approximate surface area is 159 Å². The number of benzene rings is 2. The Morgan fingerprint density at radius 1 is 1.19 bits per heavy atom. The zero-order valence-electron chi connectivity index (χ0n) is 14.2. The Bertz CT molecular complexity index is 974. The first-order chi connectivity index (χ1) is 13.1. The smallest absolute Gasteiger partial charge is 0.234 e. The third kappa shape index (κ3) is 4.59. The molecule has 0 aliphatic rings. The predicted molar refractivity (Wildman–Crippen MR) is 101 cm³/mol. The topological polar surface area (TPSA) is 59.8 Å². The van der Waals surface area contributed by atoms with Crippen molar-refractivity contribution in [2.75, 3.05) is 11.1 Å². The van der Waals surface area contributed by atoms with Crippen LogP contribution in [0.5, 0.6) is 0 Å². The van der Waals surface area contributed by atoms with Gasteiger partial charge < -0.3 is 5.32 Å². The van der Waals surface area contributed by atoms with Crippen LogP contribution in [0.4, 0.5) is 14.5 Å². The maximum absolute atomic E-state index is 14.1. The average molecular weight is 386 g/mol. The van der Waals surface area contributed by atoms with Gasteiger partial charge in [0.25, 0.3) is 0 Å². The van der Waals surface area contributed by atoms with Gasteiger partial charge in [-0.05, 0) is 30.3 Å². The number of hydrogen-bond acceptors (Lipinski definition) is 4. The highest BCUT2D eigenvalue weighted by Crippen LogP contribution is 2.26. The first kappa shape index (κ1) is 18.8. The number of hydrogen-bond donors (Lipinski definition) is 1. The molecule has 8 heteroatoms. The molecule has 0 aliphatic carbocycles. The van der Waals surface area contributed by atoms with Crippen LogP contribution in [-0.4, -0.2) is 26.4 Å². The van der Waals surface area contributed by atoms with E-state index < -0.39 is 11.6 Å². The average Bonchev–Trinajstić information content (AvgIpc) is 3.03. The number of thioether (sulfide) groups is 1. The molecule has 0 saturated carbocycles. The largest absolute Gasteiger partial charge is 0.325 e. The normalized spacial score (nSPS) is 10.6. The van der Waals surface area contributed by atoms with Gasteiger partial charge in [0.2, 0.25) is 5.91 Å². The molecule has 1 amide bonds. The summed E-state index contributed by atoms with van der Waals surface area (Å²) in [7, 11) is 0. The van der Waals surface area contributed by atoms with Crippen LogP contribution in [0.1, 0.15) is 0 Å². The van der Waals surface area contributed by atoms with E-state index >= 15 is 0 Å². The van der Waals surface area contributed by atoms with E-state index in [1.807, 2.05) is 0 Å². The van der Waals surface area contributed by atoms with Crippen molar-refractivity contribution < 1.29 is 13.6 Å². The van der Waals surface area contributed by atoms with Crippen molar-refractivity contribution in [3.8, 4) is 11.4 Å². The van der Waals surface area contributed by atoms with E-state index in [2.05, 4.69) is 22.1 Å². The van der Waals surface area contributed by atoms with Gasteiger partial charge in [-0.1, -0.05) is 36.0 Å². The van der Waals surface area contributed by atoms with Crippen molar-refractivity contribution >= 4 is 23.4 Å². The van der Waals surface area contributed by atoms with Crippen LogP contribution in [0.15, 0.2) is 66.3 Å². The van der Waals surface area contributed by atoms with Gasteiger partial charge in [-0.3, -0.25) is 9.36 Å². The minimum absolute atomic E-state index is 0.0447. The molecule has 1 aromatic heterocycles. The Balaban J connectivity index is 1.74. The Morgan fingerprint density at radius 3 is 2.74 bits per heavy atom. The minimum atomic E-state index is -0.430. The van der Waals surface area contributed by atoms with Crippen LogP contribution < -0.4 is 5.32 Å². The summed E-state index contributed by atoms with van der Waals surface area (Å²) in [5.74, 6) is -0.744. The number of halogens is 2. The van der Waals surface area contributed by atoms with Crippen molar-refractivity contribution in [1.82, 2.24) is 14.8 Å². The van der Waals surface area contributed by atoms with Gasteiger partial charge in [0.15, 0.2) is 11.0 Å². The number of nitrogens with one attached hydrogen (secondary N) is 1. The second-order valence-corrected chi connectivity index (χ2v) is 6.48. The Morgan fingerprint density at radius 2 is 2.00 bits per heavy atom. The van der Waals surface area contributed by atoms with Gasteiger partial charge in [0.05, 0.1) is 11.3 Å². The second-order valence-electron chi connectivity index (χ2n) is 5.53. The summed E-state index contributed by atoms with van der Waals surface area (Å²) >= 11 is 1.15. The number of rotatable bonds is 7. The number of allylic oxidation sites excluding steroid dienone is 1. The van der Waals surface area contributed by atoms with E-state index in [0.29, 0.717) is 28.8 Å². The van der Waals surface area contributed by atoms with Crippen molar-refractivity contribution in [2.24, 2.45) is 0 Å². The number of nitrogens with zero attached hydrogens (tertiary/aromatic N) is 3. The Hall–Kier alpha value is -3.00. The quantitative estimate of drug-likeness (QED) is 0.490. The molecular weight excluding hydrogens is 370 g/mol. The molecule has 0 radical (unpaired) electrons. The molecular formula is C19H16F2N4OS. The monoisotopic (exact) mass is 386 g/mol. The number of aromatic nitrogens is 3. The Kier molecular flexibility index (Phi) is 5.97. The molecule has 0 spiro atoms. The zero-order chi connectivity index (χ0) is 19.2. The van der Waals surface area contributed by atoms with Gasteiger partial charge in [-0.15, -0.1) is 16.8 Å². The van der Waals surface area contributed by atoms with Gasteiger partial charge in [-0.2, -0.15) is 0 Å². The summed E-state index contributed by atoms with van der Waals surface area (Å²) in [6, 6.07) is 11.9. The lowest BCUT2D eigenvalue weighted by molar-refractivity contribution is -0.113. The van der Waals surface area contributed by atoms with E-state index in [9.17, 15) is 13.6 Å². The van der Waals surface area contributed by atoms with Crippen LogP contribution in [0.25, 0.3) is 11.4 Å². The lowest BCUT2D eigenvalue weighted by Gasteiger charge is -2.08. The first-order valence-electron chi connectivity index (χ1n) is 8.05. The van der Waals surface area contributed by atoms with E-state index in [1.165, 1.54) is 24.3 Å². The van der Waals surface area contributed by atoms with Crippen LogP contribution in [0.2, 0.25) is 0 Å². The molecule has 27 heavy (non-hydrogen) atoms. The molecule has 3 rings (SSSR count). The predicted octanol–water partition coefficient (Wildman–Crippen LogP) is 4.14. The summed E-state index contributed by atoms with van der Waals surface area (Å²) in [5.41, 5.74) is 0.697. The highest BCUT2D eigenvalue weighted by Gasteiger charge is 2.17. The van der Waals surface area contributed by atoms with Crippen molar-refractivity contribution in [1.29, 1.82) is 0 Å². The van der Waals surface area contributed by atoms with Gasteiger partial charge >= 0.3 is 0 Å². The number of amides is 1. The maximum Gasteiger partial charge on any atom is 0.234 e. The van der Waals surface area contributed by atoms with Crippen molar-refractivity contribution in [2.45, 2.75) is 11.7 Å². The number of carbonyl (C=O) groups is 1. The lowest BCUT2D eigenvalue weighted by Crippen LogP contribution is -2.14. The molecule has 5 nitrogen and oxygen atoms in total. The van der Waals surface area contributed by atoms with Gasteiger partial charge in [0.1, 0.15) is 11.6 Å².